The number of ketones is 1. The third kappa shape index (κ3) is 3.76. The number of halogens is 3. The van der Waals surface area contributed by atoms with E-state index in [4.69, 9.17) is 0 Å². The van der Waals surface area contributed by atoms with Gasteiger partial charge in [0.15, 0.2) is 5.69 Å². The number of hydrogen-bond donors (Lipinski definition) is 1. The molecule has 0 saturated heterocycles. The predicted molar refractivity (Wildman–Crippen MR) is 56.2 cm³/mol. The van der Waals surface area contributed by atoms with Crippen molar-refractivity contribution in [2.75, 3.05) is 0 Å². The van der Waals surface area contributed by atoms with Crippen LogP contribution in [0.25, 0.3) is 0 Å². The quantitative estimate of drug-likeness (QED) is 0.803. The lowest BCUT2D eigenvalue weighted by Gasteiger charge is -2.02. The number of aryl methyl sites for hydroxylation is 1. The molecule has 19 heavy (non-hydrogen) atoms. The Bertz CT molecular complexity index is 493. The van der Waals surface area contributed by atoms with Gasteiger partial charge in [-0.1, -0.05) is 5.21 Å². The molecule has 104 valence electrons. The van der Waals surface area contributed by atoms with Gasteiger partial charge >= 0.3 is 6.18 Å². The van der Waals surface area contributed by atoms with E-state index in [9.17, 15) is 22.8 Å². The molecule has 0 spiro atoms. The van der Waals surface area contributed by atoms with Gasteiger partial charge in [-0.05, 0) is 12.8 Å². The van der Waals surface area contributed by atoms with Crippen LogP contribution in [0, 0.1) is 0 Å². The third-order valence-corrected chi connectivity index (χ3v) is 2.54. The lowest BCUT2D eigenvalue weighted by molar-refractivity contribution is -0.121. The number of aromatic nitrogens is 3. The lowest BCUT2D eigenvalue weighted by atomic mass is 10.3. The Hall–Kier alpha value is -1.93. The van der Waals surface area contributed by atoms with Crippen LogP contribution in [0.3, 0.4) is 0 Å². The van der Waals surface area contributed by atoms with Crippen LogP contribution in [-0.4, -0.2) is 38.9 Å². The standard InChI is InChI=1S/C10H11F3N4O2/c11-10(12,13)9(19)7-5-17(16-15-7)4-3-8(18)14-6-1-2-6/h5-6H,1-4H2,(H,14,18). The number of carbonyl (C=O) groups is 2. The number of alkyl halides is 3. The highest BCUT2D eigenvalue weighted by Gasteiger charge is 2.41. The molecule has 0 radical (unpaired) electrons. The SMILES string of the molecule is O=C(CCn1cc(C(=O)C(F)(F)F)nn1)NC1CC1. The summed E-state index contributed by atoms with van der Waals surface area (Å²) in [5, 5.41) is 9.26. The van der Waals surface area contributed by atoms with Crippen LogP contribution in [0.1, 0.15) is 29.8 Å². The first-order chi connectivity index (χ1) is 8.86. The largest absolute Gasteiger partial charge is 0.456 e. The first-order valence-electron chi connectivity index (χ1n) is 5.67. The number of nitrogens with zero attached hydrogens (tertiary/aromatic N) is 3. The first kappa shape index (κ1) is 13.5. The van der Waals surface area contributed by atoms with E-state index in [2.05, 4.69) is 15.6 Å². The zero-order valence-corrected chi connectivity index (χ0v) is 9.78. The van der Waals surface area contributed by atoms with Crippen molar-refractivity contribution in [3.8, 4) is 0 Å². The molecule has 1 fully saturated rings. The van der Waals surface area contributed by atoms with Crippen LogP contribution in [0.15, 0.2) is 6.20 Å². The molecule has 1 aliphatic rings. The molecular weight excluding hydrogens is 265 g/mol. The topological polar surface area (TPSA) is 76.9 Å². The first-order valence-corrected chi connectivity index (χ1v) is 5.67. The average Bonchev–Trinajstić information content (AvgIpc) is 3.00. The molecule has 1 amide bonds. The number of Topliss-reactive ketones (excluding diaryl/α,β-unsaturated/α-hetero) is 1. The van der Waals surface area contributed by atoms with Crippen molar-refractivity contribution in [2.45, 2.75) is 38.0 Å². The highest BCUT2D eigenvalue weighted by Crippen LogP contribution is 2.20. The number of hydrogen-bond acceptors (Lipinski definition) is 4. The average molecular weight is 276 g/mol. The van der Waals surface area contributed by atoms with Crippen LogP contribution in [0.2, 0.25) is 0 Å². The van der Waals surface area contributed by atoms with Gasteiger partial charge in [-0.3, -0.25) is 14.3 Å². The monoisotopic (exact) mass is 276 g/mol. The maximum absolute atomic E-state index is 12.1. The molecule has 1 saturated carbocycles. The second-order valence-corrected chi connectivity index (χ2v) is 4.29. The maximum Gasteiger partial charge on any atom is 0.456 e. The Kier molecular flexibility index (Phi) is 3.54. The normalized spacial score (nSPS) is 15.3. The van der Waals surface area contributed by atoms with Crippen LogP contribution in [-0.2, 0) is 11.3 Å². The summed E-state index contributed by atoms with van der Waals surface area (Å²) in [6.45, 7) is 0.0801. The number of nitrogens with one attached hydrogen (secondary N) is 1. The summed E-state index contributed by atoms with van der Waals surface area (Å²) in [6.07, 6.45) is -2.08. The van der Waals surface area contributed by atoms with Crippen molar-refractivity contribution < 1.29 is 22.8 Å². The molecule has 1 aromatic rings. The van der Waals surface area contributed by atoms with Crippen LogP contribution in [0.5, 0.6) is 0 Å². The Morgan fingerprint density at radius 3 is 2.68 bits per heavy atom. The third-order valence-electron chi connectivity index (χ3n) is 2.54. The smallest absolute Gasteiger partial charge is 0.353 e. The predicted octanol–water partition coefficient (Wildman–Crippen LogP) is 0.692. The Morgan fingerprint density at radius 1 is 1.42 bits per heavy atom. The Morgan fingerprint density at radius 2 is 2.11 bits per heavy atom. The van der Waals surface area contributed by atoms with E-state index in [1.54, 1.807) is 0 Å². The molecule has 9 heteroatoms. The molecule has 0 atom stereocenters. The molecular formula is C10H11F3N4O2. The van der Waals surface area contributed by atoms with Crippen LogP contribution >= 0.6 is 0 Å². The van der Waals surface area contributed by atoms with E-state index in [0.717, 1.165) is 23.7 Å². The molecule has 6 nitrogen and oxygen atoms in total. The van der Waals surface area contributed by atoms with Crippen molar-refractivity contribution in [3.05, 3.63) is 11.9 Å². The molecule has 1 heterocycles. The second kappa shape index (κ2) is 4.98. The minimum atomic E-state index is -4.97. The highest BCUT2D eigenvalue weighted by molar-refractivity contribution is 5.98. The van der Waals surface area contributed by atoms with Crippen molar-refractivity contribution in [1.29, 1.82) is 0 Å². The van der Waals surface area contributed by atoms with Gasteiger partial charge in [-0.2, -0.15) is 13.2 Å². The van der Waals surface area contributed by atoms with Gasteiger partial charge in [0.1, 0.15) is 0 Å². The van der Waals surface area contributed by atoms with Crippen molar-refractivity contribution in [3.63, 3.8) is 0 Å². The van der Waals surface area contributed by atoms with E-state index in [1.807, 2.05) is 0 Å². The fourth-order valence-corrected chi connectivity index (χ4v) is 1.40. The summed E-state index contributed by atoms with van der Waals surface area (Å²) in [4.78, 5) is 22.2. The van der Waals surface area contributed by atoms with Gasteiger partial charge in [-0.25, -0.2) is 0 Å². The van der Waals surface area contributed by atoms with E-state index in [0.29, 0.717) is 0 Å². The molecule has 1 aliphatic carbocycles. The molecule has 0 aromatic carbocycles. The van der Waals surface area contributed by atoms with Crippen molar-refractivity contribution in [2.24, 2.45) is 0 Å². The van der Waals surface area contributed by atoms with E-state index >= 15 is 0 Å². The minimum Gasteiger partial charge on any atom is -0.353 e. The summed E-state index contributed by atoms with van der Waals surface area (Å²) >= 11 is 0. The number of amides is 1. The fraction of sp³-hybridized carbons (Fsp3) is 0.600. The Labute approximate surface area is 106 Å². The molecule has 0 bridgehead atoms. The van der Waals surface area contributed by atoms with Gasteiger partial charge in [0, 0.05) is 12.5 Å². The van der Waals surface area contributed by atoms with Crippen LogP contribution in [0.4, 0.5) is 13.2 Å². The zero-order chi connectivity index (χ0) is 14.0. The van der Waals surface area contributed by atoms with Gasteiger partial charge in [0.2, 0.25) is 5.91 Å². The zero-order valence-electron chi connectivity index (χ0n) is 9.78. The van der Waals surface area contributed by atoms with Crippen molar-refractivity contribution in [1.82, 2.24) is 20.3 Å². The molecule has 1 N–H and O–H groups in total. The van der Waals surface area contributed by atoms with Gasteiger partial charge in [-0.15, -0.1) is 5.10 Å². The Balaban J connectivity index is 1.86. The summed E-state index contributed by atoms with van der Waals surface area (Å²) < 4.78 is 37.4. The number of rotatable bonds is 5. The summed E-state index contributed by atoms with van der Waals surface area (Å²) in [6, 6.07) is 0.227. The summed E-state index contributed by atoms with van der Waals surface area (Å²) in [5.74, 6) is -2.23. The number of carbonyl (C=O) groups excluding carboxylic acids is 2. The molecule has 0 aliphatic heterocycles. The van der Waals surface area contributed by atoms with E-state index in [1.165, 1.54) is 0 Å². The van der Waals surface area contributed by atoms with Crippen molar-refractivity contribution >= 4 is 11.7 Å². The summed E-state index contributed by atoms with van der Waals surface area (Å²) in [5.41, 5.74) is -0.768. The fourth-order valence-electron chi connectivity index (χ4n) is 1.40. The van der Waals surface area contributed by atoms with Gasteiger partial charge in [0.05, 0.1) is 12.7 Å². The van der Waals surface area contributed by atoms with Gasteiger partial charge in [0.25, 0.3) is 5.78 Å². The molecule has 1 aromatic heterocycles. The van der Waals surface area contributed by atoms with Crippen LogP contribution < -0.4 is 5.32 Å². The molecule has 0 unspecified atom stereocenters. The summed E-state index contributed by atoms with van der Waals surface area (Å²) in [7, 11) is 0. The van der Waals surface area contributed by atoms with E-state index < -0.39 is 17.7 Å². The van der Waals surface area contributed by atoms with E-state index in [-0.39, 0.29) is 24.9 Å². The van der Waals surface area contributed by atoms with Gasteiger partial charge < -0.3 is 5.32 Å². The molecule has 2 rings (SSSR count). The maximum atomic E-state index is 12.1. The highest BCUT2D eigenvalue weighted by atomic mass is 19.4. The second-order valence-electron chi connectivity index (χ2n) is 4.29. The minimum absolute atomic E-state index is 0.0801. The lowest BCUT2D eigenvalue weighted by Crippen LogP contribution is -2.26.